The summed E-state index contributed by atoms with van der Waals surface area (Å²) in [5.74, 6) is -1.55. The van der Waals surface area contributed by atoms with Gasteiger partial charge in [0.1, 0.15) is 11.6 Å². The third kappa shape index (κ3) is 4.18. The average Bonchev–Trinajstić information content (AvgIpc) is 2.43. The molecule has 0 fully saturated rings. The van der Waals surface area contributed by atoms with Crippen LogP contribution in [0.25, 0.3) is 0 Å². The number of carbonyl (C=O) groups excluding carboxylic acids is 1. The Morgan fingerprint density at radius 1 is 1.38 bits per heavy atom. The Labute approximate surface area is 123 Å². The fourth-order valence-electron chi connectivity index (χ4n) is 2.00. The highest BCUT2D eigenvalue weighted by Gasteiger charge is 2.33. The second-order valence-electron chi connectivity index (χ2n) is 5.47. The van der Waals surface area contributed by atoms with Crippen LogP contribution in [0.3, 0.4) is 0 Å². The van der Waals surface area contributed by atoms with Gasteiger partial charge in [-0.3, -0.25) is 9.59 Å². The van der Waals surface area contributed by atoms with Crippen LogP contribution in [0.5, 0.6) is 0 Å². The van der Waals surface area contributed by atoms with Crippen molar-refractivity contribution in [1.29, 1.82) is 0 Å². The molecule has 0 spiro atoms. The highest BCUT2D eigenvalue weighted by atomic mass is 16.4. The third-order valence-corrected chi connectivity index (χ3v) is 3.43. The van der Waals surface area contributed by atoms with Crippen molar-refractivity contribution in [2.45, 2.75) is 51.6 Å². The first-order chi connectivity index (χ1) is 9.80. The molecule has 0 aliphatic carbocycles. The van der Waals surface area contributed by atoms with Gasteiger partial charge in [0.2, 0.25) is 5.91 Å². The van der Waals surface area contributed by atoms with Crippen molar-refractivity contribution >= 4 is 11.9 Å². The Morgan fingerprint density at radius 2 is 2.05 bits per heavy atom. The number of rotatable bonds is 7. The number of hydrogen-bond donors (Lipinski definition) is 2. The molecule has 1 rings (SSSR count). The summed E-state index contributed by atoms with van der Waals surface area (Å²) in [7, 11) is 0. The molecule has 0 radical (unpaired) electrons. The number of carboxylic acids is 1. The summed E-state index contributed by atoms with van der Waals surface area (Å²) < 4.78 is 1.29. The summed E-state index contributed by atoms with van der Waals surface area (Å²) >= 11 is 0. The largest absolute Gasteiger partial charge is 0.480 e. The van der Waals surface area contributed by atoms with Crippen molar-refractivity contribution in [3.63, 3.8) is 0 Å². The molecule has 1 aromatic rings. The SMILES string of the molecule is CCCCC(NC(=O)C(C)(C)n1ccccc1=O)C(=O)O. The first-order valence-electron chi connectivity index (χ1n) is 7.02. The summed E-state index contributed by atoms with van der Waals surface area (Å²) in [4.78, 5) is 35.4. The molecular formula is C15H22N2O4. The maximum absolute atomic E-state index is 12.4. The topological polar surface area (TPSA) is 88.4 Å². The zero-order valence-corrected chi connectivity index (χ0v) is 12.6. The van der Waals surface area contributed by atoms with Gasteiger partial charge in [-0.05, 0) is 26.3 Å². The molecular weight excluding hydrogens is 272 g/mol. The zero-order valence-electron chi connectivity index (χ0n) is 12.6. The molecule has 0 aliphatic rings. The number of aromatic nitrogens is 1. The van der Waals surface area contributed by atoms with Crippen LogP contribution in [0, 0.1) is 0 Å². The van der Waals surface area contributed by atoms with Crippen molar-refractivity contribution in [1.82, 2.24) is 9.88 Å². The van der Waals surface area contributed by atoms with Crippen LogP contribution in [-0.4, -0.2) is 27.6 Å². The van der Waals surface area contributed by atoms with Crippen molar-refractivity contribution in [2.24, 2.45) is 0 Å². The van der Waals surface area contributed by atoms with E-state index in [-0.39, 0.29) is 5.56 Å². The van der Waals surface area contributed by atoms with Crippen LogP contribution in [0.2, 0.25) is 0 Å². The molecule has 0 bridgehead atoms. The van der Waals surface area contributed by atoms with E-state index in [9.17, 15) is 14.4 Å². The number of carboxylic acid groups (broad SMARTS) is 1. The van der Waals surface area contributed by atoms with Gasteiger partial charge in [0.05, 0.1) is 0 Å². The molecule has 0 aliphatic heterocycles. The first kappa shape index (κ1) is 16.9. The number of aliphatic carboxylic acids is 1. The van der Waals surface area contributed by atoms with Crippen molar-refractivity contribution in [2.75, 3.05) is 0 Å². The quantitative estimate of drug-likeness (QED) is 0.794. The summed E-state index contributed by atoms with van der Waals surface area (Å²) in [6.45, 7) is 5.12. The summed E-state index contributed by atoms with van der Waals surface area (Å²) in [6, 6.07) is 3.67. The molecule has 6 nitrogen and oxygen atoms in total. The van der Waals surface area contributed by atoms with Gasteiger partial charge in [0.15, 0.2) is 0 Å². The number of unbranched alkanes of at least 4 members (excludes halogenated alkanes) is 1. The fraction of sp³-hybridized carbons (Fsp3) is 0.533. The van der Waals surface area contributed by atoms with Crippen molar-refractivity contribution in [3.8, 4) is 0 Å². The van der Waals surface area contributed by atoms with Crippen molar-refractivity contribution < 1.29 is 14.7 Å². The highest BCUT2D eigenvalue weighted by Crippen LogP contribution is 2.14. The van der Waals surface area contributed by atoms with E-state index < -0.39 is 23.5 Å². The summed E-state index contributed by atoms with van der Waals surface area (Å²) in [6.07, 6.45) is 3.45. The molecule has 116 valence electrons. The zero-order chi connectivity index (χ0) is 16.0. The maximum Gasteiger partial charge on any atom is 0.326 e. The minimum absolute atomic E-state index is 0.307. The lowest BCUT2D eigenvalue weighted by Gasteiger charge is -2.28. The van der Waals surface area contributed by atoms with Gasteiger partial charge in [-0.15, -0.1) is 0 Å². The monoisotopic (exact) mass is 294 g/mol. The second kappa shape index (κ2) is 7.06. The van der Waals surface area contributed by atoms with Crippen LogP contribution in [-0.2, 0) is 15.1 Å². The van der Waals surface area contributed by atoms with E-state index >= 15 is 0 Å². The van der Waals surface area contributed by atoms with E-state index in [1.807, 2.05) is 6.92 Å². The Bertz CT molecular complexity index is 563. The minimum atomic E-state index is -1.15. The van der Waals surface area contributed by atoms with Gasteiger partial charge in [0, 0.05) is 12.3 Å². The molecule has 6 heteroatoms. The molecule has 1 heterocycles. The summed E-state index contributed by atoms with van der Waals surface area (Å²) in [5, 5.41) is 11.7. The Morgan fingerprint density at radius 3 is 2.57 bits per heavy atom. The van der Waals surface area contributed by atoms with Gasteiger partial charge in [-0.1, -0.05) is 25.8 Å². The van der Waals surface area contributed by atoms with Gasteiger partial charge >= 0.3 is 5.97 Å². The van der Waals surface area contributed by atoms with Crippen LogP contribution in [0.15, 0.2) is 29.2 Å². The lowest BCUT2D eigenvalue weighted by Crippen LogP contribution is -2.52. The second-order valence-corrected chi connectivity index (χ2v) is 5.47. The van der Waals surface area contributed by atoms with Crippen LogP contribution in [0.4, 0.5) is 0 Å². The predicted octanol–water partition coefficient (Wildman–Crippen LogP) is 1.34. The smallest absolute Gasteiger partial charge is 0.326 e. The molecule has 21 heavy (non-hydrogen) atoms. The molecule has 1 unspecified atom stereocenters. The molecule has 1 aromatic heterocycles. The summed E-state index contributed by atoms with van der Waals surface area (Å²) in [5.41, 5.74) is -1.46. The van der Waals surface area contributed by atoms with Gasteiger partial charge in [0.25, 0.3) is 5.56 Å². The number of nitrogens with zero attached hydrogens (tertiary/aromatic N) is 1. The molecule has 0 aromatic carbocycles. The van der Waals surface area contributed by atoms with Gasteiger partial charge < -0.3 is 15.0 Å². The molecule has 2 N–H and O–H groups in total. The number of nitrogens with one attached hydrogen (secondary N) is 1. The standard InChI is InChI=1S/C15H22N2O4/c1-4-5-8-11(13(19)20)16-14(21)15(2,3)17-10-7-6-9-12(17)18/h6-7,9-11H,4-5,8H2,1-3H3,(H,16,21)(H,19,20). The van der Waals surface area contributed by atoms with E-state index in [1.165, 1.54) is 16.8 Å². The normalized spacial score (nSPS) is 12.7. The minimum Gasteiger partial charge on any atom is -0.480 e. The Kier molecular flexibility index (Phi) is 5.69. The number of pyridine rings is 1. The molecule has 1 atom stereocenters. The van der Waals surface area contributed by atoms with E-state index in [0.29, 0.717) is 12.8 Å². The van der Waals surface area contributed by atoms with Crippen LogP contribution < -0.4 is 10.9 Å². The van der Waals surface area contributed by atoms with Gasteiger partial charge in [-0.25, -0.2) is 4.79 Å². The maximum atomic E-state index is 12.4. The lowest BCUT2D eigenvalue weighted by molar-refractivity contribution is -0.143. The lowest BCUT2D eigenvalue weighted by atomic mass is 10.0. The number of carbonyl (C=O) groups is 2. The van der Waals surface area contributed by atoms with E-state index in [0.717, 1.165) is 6.42 Å². The number of amides is 1. The number of hydrogen-bond acceptors (Lipinski definition) is 3. The Hall–Kier alpha value is -2.11. The van der Waals surface area contributed by atoms with E-state index in [2.05, 4.69) is 5.32 Å². The molecule has 1 amide bonds. The van der Waals surface area contributed by atoms with Gasteiger partial charge in [-0.2, -0.15) is 0 Å². The predicted molar refractivity (Wildman–Crippen MR) is 79.1 cm³/mol. The molecule has 0 saturated carbocycles. The fourth-order valence-corrected chi connectivity index (χ4v) is 2.00. The van der Waals surface area contributed by atoms with Crippen LogP contribution >= 0.6 is 0 Å². The Balaban J connectivity index is 2.93. The van der Waals surface area contributed by atoms with Crippen molar-refractivity contribution in [3.05, 3.63) is 34.7 Å². The first-order valence-corrected chi connectivity index (χ1v) is 7.02. The average molecular weight is 294 g/mol. The third-order valence-electron chi connectivity index (χ3n) is 3.43. The van der Waals surface area contributed by atoms with E-state index in [4.69, 9.17) is 5.11 Å². The highest BCUT2D eigenvalue weighted by molar-refractivity contribution is 5.88. The molecule has 0 saturated heterocycles. The van der Waals surface area contributed by atoms with E-state index in [1.54, 1.807) is 26.0 Å². The van der Waals surface area contributed by atoms with Crippen LogP contribution in [0.1, 0.15) is 40.0 Å².